The van der Waals surface area contributed by atoms with Crippen LogP contribution >= 0.6 is 0 Å². The third-order valence-electron chi connectivity index (χ3n) is 7.87. The van der Waals surface area contributed by atoms with Crippen LogP contribution in [0.3, 0.4) is 0 Å². The molecule has 0 atom stereocenters. The maximum atomic E-state index is 11.8. The Balaban J connectivity index is 1.40. The lowest BCUT2D eigenvalue weighted by molar-refractivity contribution is -1.08. The molecule has 0 amide bonds. The summed E-state index contributed by atoms with van der Waals surface area (Å²) < 4.78 is 12.8. The van der Waals surface area contributed by atoms with Crippen LogP contribution in [0.15, 0.2) is 12.2 Å². The molecule has 0 aromatic carbocycles. The van der Waals surface area contributed by atoms with Crippen LogP contribution in [0.4, 0.5) is 0 Å². The maximum absolute atomic E-state index is 11.8. The van der Waals surface area contributed by atoms with Crippen molar-refractivity contribution in [3.63, 3.8) is 0 Å². The van der Waals surface area contributed by atoms with Crippen molar-refractivity contribution in [3.8, 4) is 0 Å². The van der Waals surface area contributed by atoms with Gasteiger partial charge >= 0.3 is 11.9 Å². The van der Waals surface area contributed by atoms with Crippen LogP contribution in [0.5, 0.6) is 0 Å². The van der Waals surface area contributed by atoms with Gasteiger partial charge in [0.15, 0.2) is 0 Å². The first kappa shape index (κ1) is 27.8. The fourth-order valence-electron chi connectivity index (χ4n) is 5.42. The molecule has 0 saturated carbocycles. The number of nitrogens with zero attached hydrogens (tertiary/aromatic N) is 2. The quantitative estimate of drug-likeness (QED) is 0.128. The summed E-state index contributed by atoms with van der Waals surface area (Å²) in [4.78, 5) is 23.2. The predicted molar refractivity (Wildman–Crippen MR) is 133 cm³/mol. The number of fused-ring (bicyclic) bond motifs is 3. The lowest BCUT2D eigenvalue weighted by Crippen LogP contribution is -2.75. The zero-order valence-electron chi connectivity index (χ0n) is 21.6. The lowest BCUT2D eigenvalue weighted by atomic mass is 10.0. The van der Waals surface area contributed by atoms with Crippen LogP contribution in [0.1, 0.15) is 84.5 Å². The maximum Gasteiger partial charge on any atom is 0.336 e. The standard InChI is InChI=1S/C27H50N2O4/c1-4-6-16-28-18-21-29(22-19-28,23-20-28)17-14-12-10-8-7-9-11-13-15-26(30)33-24-25(3)27(31)32-5-2/h3-24H2,1-2H3/q+2. The molecule has 0 aromatic rings. The van der Waals surface area contributed by atoms with Gasteiger partial charge in [0.1, 0.15) is 45.9 Å². The number of quaternary nitrogens is 2. The van der Waals surface area contributed by atoms with Crippen molar-refractivity contribution in [1.82, 2.24) is 0 Å². The molecular formula is C27H50N2O4+2. The molecule has 0 unspecified atom stereocenters. The second kappa shape index (κ2) is 14.8. The summed E-state index contributed by atoms with van der Waals surface area (Å²) in [6.45, 7) is 19.2. The Labute approximate surface area is 202 Å². The van der Waals surface area contributed by atoms with Crippen molar-refractivity contribution in [1.29, 1.82) is 0 Å². The summed E-state index contributed by atoms with van der Waals surface area (Å²) in [7, 11) is 0. The number of piperazine rings is 3. The van der Waals surface area contributed by atoms with Crippen molar-refractivity contribution < 1.29 is 28.0 Å². The highest BCUT2D eigenvalue weighted by atomic mass is 16.5. The van der Waals surface area contributed by atoms with Gasteiger partial charge in [-0.2, -0.15) is 0 Å². The molecular weight excluding hydrogens is 416 g/mol. The number of esters is 2. The third-order valence-corrected chi connectivity index (χ3v) is 7.87. The van der Waals surface area contributed by atoms with Gasteiger partial charge in [-0.25, -0.2) is 4.79 Å². The van der Waals surface area contributed by atoms with E-state index in [1.54, 1.807) is 6.92 Å². The summed E-state index contributed by atoms with van der Waals surface area (Å²) in [5.41, 5.74) is 0.190. The molecule has 190 valence electrons. The number of hydrogen-bond donors (Lipinski definition) is 0. The average Bonchev–Trinajstić information content (AvgIpc) is 2.83. The number of hydrogen-bond acceptors (Lipinski definition) is 4. The van der Waals surface area contributed by atoms with Gasteiger partial charge < -0.3 is 18.4 Å². The van der Waals surface area contributed by atoms with Crippen molar-refractivity contribution in [3.05, 3.63) is 12.2 Å². The van der Waals surface area contributed by atoms with Crippen LogP contribution in [-0.2, 0) is 19.1 Å². The van der Waals surface area contributed by atoms with Gasteiger partial charge in [-0.15, -0.1) is 0 Å². The Hall–Kier alpha value is -1.40. The highest BCUT2D eigenvalue weighted by Gasteiger charge is 2.47. The van der Waals surface area contributed by atoms with Crippen molar-refractivity contribution in [2.45, 2.75) is 84.5 Å². The number of carbonyl (C=O) groups excluding carboxylic acids is 2. The Morgan fingerprint density at radius 2 is 1.18 bits per heavy atom. The summed E-state index contributed by atoms with van der Waals surface area (Å²) in [6, 6.07) is 0. The number of ether oxygens (including phenoxy) is 2. The van der Waals surface area contributed by atoms with E-state index >= 15 is 0 Å². The molecule has 3 fully saturated rings. The van der Waals surface area contributed by atoms with Crippen LogP contribution in [-0.4, -0.2) is 86.5 Å². The van der Waals surface area contributed by atoms with E-state index in [0.29, 0.717) is 13.0 Å². The molecule has 0 spiro atoms. The third kappa shape index (κ3) is 9.78. The van der Waals surface area contributed by atoms with E-state index in [9.17, 15) is 9.59 Å². The zero-order chi connectivity index (χ0) is 24.0. The SMILES string of the molecule is C=C(COC(=O)CCCCCCCCCC[N+]12CC[N+](CCCC)(CC1)CC2)C(=O)OCC. The summed E-state index contributed by atoms with van der Waals surface area (Å²) in [6.07, 6.45) is 12.9. The molecule has 6 nitrogen and oxygen atoms in total. The molecule has 3 heterocycles. The van der Waals surface area contributed by atoms with Crippen molar-refractivity contribution in [2.24, 2.45) is 0 Å². The molecule has 2 bridgehead atoms. The minimum atomic E-state index is -0.495. The largest absolute Gasteiger partial charge is 0.463 e. The zero-order valence-corrected chi connectivity index (χ0v) is 21.6. The highest BCUT2D eigenvalue weighted by Crippen LogP contribution is 2.28. The molecule has 0 N–H and O–H groups in total. The Morgan fingerprint density at radius 1 is 0.697 bits per heavy atom. The molecule has 3 aliphatic heterocycles. The molecule has 6 heteroatoms. The van der Waals surface area contributed by atoms with Crippen LogP contribution in [0.2, 0.25) is 0 Å². The first-order valence-electron chi connectivity index (χ1n) is 13.6. The van der Waals surface area contributed by atoms with Crippen molar-refractivity contribution in [2.75, 3.05) is 65.6 Å². The molecule has 3 rings (SSSR count). The van der Waals surface area contributed by atoms with E-state index < -0.39 is 5.97 Å². The van der Waals surface area contributed by atoms with E-state index in [-0.39, 0.29) is 18.1 Å². The van der Waals surface area contributed by atoms with E-state index in [1.165, 1.54) is 113 Å². The van der Waals surface area contributed by atoms with E-state index in [4.69, 9.17) is 9.47 Å². The monoisotopic (exact) mass is 466 g/mol. The molecule has 0 aliphatic carbocycles. The molecule has 33 heavy (non-hydrogen) atoms. The first-order chi connectivity index (χ1) is 15.9. The van der Waals surface area contributed by atoms with E-state index in [1.807, 2.05) is 0 Å². The second-order valence-corrected chi connectivity index (χ2v) is 10.4. The predicted octanol–water partition coefficient (Wildman–Crippen LogP) is 4.62. The lowest BCUT2D eigenvalue weighted by Gasteiger charge is -2.55. The van der Waals surface area contributed by atoms with Crippen LogP contribution in [0, 0.1) is 0 Å². The van der Waals surface area contributed by atoms with Gasteiger partial charge in [-0.3, -0.25) is 4.79 Å². The minimum absolute atomic E-state index is 0.0729. The fourth-order valence-corrected chi connectivity index (χ4v) is 5.42. The topological polar surface area (TPSA) is 52.6 Å². The average molecular weight is 467 g/mol. The molecule has 3 saturated heterocycles. The second-order valence-electron chi connectivity index (χ2n) is 10.4. The van der Waals surface area contributed by atoms with Gasteiger partial charge in [0.05, 0.1) is 25.3 Å². The highest BCUT2D eigenvalue weighted by molar-refractivity contribution is 5.88. The molecule has 3 aliphatic rings. The van der Waals surface area contributed by atoms with Gasteiger partial charge in [-0.05, 0) is 32.6 Å². The van der Waals surface area contributed by atoms with Crippen LogP contribution in [0.25, 0.3) is 0 Å². The smallest absolute Gasteiger partial charge is 0.336 e. The molecule has 0 aromatic heterocycles. The first-order valence-corrected chi connectivity index (χ1v) is 13.6. The normalized spacial score (nSPS) is 23.9. The van der Waals surface area contributed by atoms with E-state index in [0.717, 1.165) is 12.8 Å². The minimum Gasteiger partial charge on any atom is -0.463 e. The summed E-state index contributed by atoms with van der Waals surface area (Å²) in [5, 5.41) is 0. The Bertz CT molecular complexity index is 595. The number of rotatable bonds is 18. The van der Waals surface area contributed by atoms with Gasteiger partial charge in [0.25, 0.3) is 0 Å². The van der Waals surface area contributed by atoms with Crippen molar-refractivity contribution >= 4 is 11.9 Å². The number of unbranched alkanes of at least 4 members (excludes halogenated alkanes) is 8. The van der Waals surface area contributed by atoms with Gasteiger partial charge in [0.2, 0.25) is 0 Å². The summed E-state index contributed by atoms with van der Waals surface area (Å²) >= 11 is 0. The Kier molecular flexibility index (Phi) is 12.5. The fraction of sp³-hybridized carbons (Fsp3) is 0.852. The Morgan fingerprint density at radius 3 is 1.70 bits per heavy atom. The van der Waals surface area contributed by atoms with Gasteiger partial charge in [0, 0.05) is 6.42 Å². The number of carbonyl (C=O) groups is 2. The molecule has 0 radical (unpaired) electrons. The van der Waals surface area contributed by atoms with Gasteiger partial charge in [-0.1, -0.05) is 52.0 Å². The van der Waals surface area contributed by atoms with E-state index in [2.05, 4.69) is 13.5 Å². The van der Waals surface area contributed by atoms with Crippen LogP contribution < -0.4 is 0 Å². The summed E-state index contributed by atoms with van der Waals surface area (Å²) in [5.74, 6) is -0.755.